The monoisotopic (exact) mass is 951 g/mol. The second-order valence-corrected chi connectivity index (χ2v) is 19.8. The van der Waals surface area contributed by atoms with Crippen LogP contribution in [0.15, 0.2) is 66.7 Å². The average Bonchev–Trinajstić information content (AvgIpc) is 3.79. The summed E-state index contributed by atoms with van der Waals surface area (Å²) in [5, 5.41) is 17.0. The molecule has 1 saturated heterocycles. The standard InChI is InChI=1S/C52H70N8O9/c1-30(2)26-39(59-49(66)40(58-47(64)32(5)53)28-33-19-21-34(22-20-33)69-52(6,7)8)48(65)56-29-43(61)57-41(27-31(3)4)51(68)60-25-12-18-42(60)50(67)55-24-13-23-54-38-17-11-16-37-44(38)46(63)36-15-10-9-14-35(36)45(37)62/h9-11,14-17,19-22,30-32,39-42,54H,12-13,18,23-29,53H2,1-8H3,(H,55,67)(H,56,65)(H,57,61)(H,58,64)(H,59,66)/t32-,39-,40-,41-,42-/m0/s1. The van der Waals surface area contributed by atoms with Crippen molar-refractivity contribution in [2.24, 2.45) is 17.6 Å². The molecule has 1 aliphatic heterocycles. The summed E-state index contributed by atoms with van der Waals surface area (Å²) in [6.45, 7) is 15.4. The van der Waals surface area contributed by atoms with Crippen molar-refractivity contribution in [3.05, 3.63) is 94.5 Å². The van der Waals surface area contributed by atoms with Gasteiger partial charge in [0.2, 0.25) is 35.4 Å². The Morgan fingerprint density at radius 3 is 1.97 bits per heavy atom. The van der Waals surface area contributed by atoms with Gasteiger partial charge in [-0.1, -0.05) is 76.2 Å². The van der Waals surface area contributed by atoms with E-state index in [4.69, 9.17) is 10.5 Å². The second kappa shape index (κ2) is 24.1. The largest absolute Gasteiger partial charge is 0.488 e. The maximum atomic E-state index is 14.1. The van der Waals surface area contributed by atoms with Crippen molar-refractivity contribution in [1.29, 1.82) is 0 Å². The van der Waals surface area contributed by atoms with Gasteiger partial charge in [-0.15, -0.1) is 0 Å². The molecular formula is C52H70N8O9. The van der Waals surface area contributed by atoms with Crippen LogP contribution in [-0.2, 0) is 35.2 Å². The quantitative estimate of drug-likeness (QED) is 0.0559. The highest BCUT2D eigenvalue weighted by Gasteiger charge is 2.38. The molecule has 0 aromatic heterocycles. The molecular weight excluding hydrogens is 881 g/mol. The SMILES string of the molecule is CC(C)C[C@H](NC(=O)[C@H](Cc1ccc(OC(C)(C)C)cc1)NC(=O)[C@H](C)N)C(=O)NCC(=O)N[C@@H](CC(C)C)C(=O)N1CCC[C@H]1C(=O)NCCCNc1cccc2c1C(=O)c1ccccc1C2=O. The molecule has 0 spiro atoms. The van der Waals surface area contributed by atoms with E-state index in [9.17, 15) is 38.4 Å². The van der Waals surface area contributed by atoms with Crippen molar-refractivity contribution in [2.45, 2.75) is 130 Å². The van der Waals surface area contributed by atoms with Gasteiger partial charge in [-0.3, -0.25) is 38.4 Å². The molecule has 1 heterocycles. The number of anilines is 1. The van der Waals surface area contributed by atoms with E-state index in [-0.39, 0.29) is 55.1 Å². The molecule has 0 radical (unpaired) electrons. The molecule has 0 saturated carbocycles. The molecule has 0 unspecified atom stereocenters. The number of carbonyl (C=O) groups excluding carboxylic acids is 8. The first-order chi connectivity index (χ1) is 32.6. The number of amides is 6. The minimum absolute atomic E-state index is 0.00862. The molecule has 2 aliphatic rings. The molecule has 69 heavy (non-hydrogen) atoms. The van der Waals surface area contributed by atoms with Gasteiger partial charge in [0, 0.05) is 48.4 Å². The Morgan fingerprint density at radius 1 is 0.710 bits per heavy atom. The number of benzene rings is 3. The molecule has 372 valence electrons. The first kappa shape index (κ1) is 53.3. The molecule has 1 fully saturated rings. The summed E-state index contributed by atoms with van der Waals surface area (Å²) in [6.07, 6.45) is 2.13. The highest BCUT2D eigenvalue weighted by atomic mass is 16.5. The van der Waals surface area contributed by atoms with Crippen LogP contribution in [0.25, 0.3) is 0 Å². The van der Waals surface area contributed by atoms with Gasteiger partial charge in [-0.25, -0.2) is 0 Å². The lowest BCUT2D eigenvalue weighted by Gasteiger charge is -2.29. The van der Waals surface area contributed by atoms with Gasteiger partial charge in [-0.2, -0.15) is 0 Å². The number of hydrogen-bond acceptors (Lipinski definition) is 11. The fourth-order valence-corrected chi connectivity index (χ4v) is 8.44. The fraction of sp³-hybridized carbons (Fsp3) is 0.500. The van der Waals surface area contributed by atoms with Gasteiger partial charge in [0.05, 0.1) is 18.2 Å². The van der Waals surface area contributed by atoms with Crippen LogP contribution in [0.5, 0.6) is 5.75 Å². The normalized spacial score (nSPS) is 16.1. The van der Waals surface area contributed by atoms with Crippen molar-refractivity contribution in [2.75, 3.05) is 31.5 Å². The third kappa shape index (κ3) is 14.9. The number of hydrogen-bond donors (Lipinski definition) is 7. The number of ketones is 2. The molecule has 3 aromatic carbocycles. The molecule has 5 atom stereocenters. The van der Waals surface area contributed by atoms with Crippen molar-refractivity contribution < 1.29 is 43.1 Å². The zero-order valence-electron chi connectivity index (χ0n) is 41.2. The molecule has 1 aliphatic carbocycles. The zero-order valence-corrected chi connectivity index (χ0v) is 41.2. The highest BCUT2D eigenvalue weighted by molar-refractivity contribution is 6.30. The third-order valence-corrected chi connectivity index (χ3v) is 11.7. The number of nitrogens with one attached hydrogen (secondary N) is 6. The van der Waals surface area contributed by atoms with E-state index in [1.807, 2.05) is 48.5 Å². The van der Waals surface area contributed by atoms with Crippen molar-refractivity contribution >= 4 is 52.7 Å². The van der Waals surface area contributed by atoms with Crippen LogP contribution in [0.4, 0.5) is 5.69 Å². The average molecular weight is 951 g/mol. The third-order valence-electron chi connectivity index (χ3n) is 11.7. The summed E-state index contributed by atoms with van der Waals surface area (Å²) in [7, 11) is 0. The molecule has 6 amide bonds. The number of carbonyl (C=O) groups is 8. The Hall–Kier alpha value is -6.62. The van der Waals surface area contributed by atoms with Crippen LogP contribution in [0.2, 0.25) is 0 Å². The van der Waals surface area contributed by atoms with Gasteiger partial charge < -0.3 is 47.3 Å². The predicted molar refractivity (Wildman–Crippen MR) is 262 cm³/mol. The lowest BCUT2D eigenvalue weighted by molar-refractivity contribution is -0.141. The van der Waals surface area contributed by atoms with E-state index >= 15 is 0 Å². The molecule has 8 N–H and O–H groups in total. The number of rotatable bonds is 22. The van der Waals surface area contributed by atoms with Gasteiger partial charge in [0.15, 0.2) is 11.6 Å². The smallest absolute Gasteiger partial charge is 0.245 e. The highest BCUT2D eigenvalue weighted by Crippen LogP contribution is 2.32. The van der Waals surface area contributed by atoms with Gasteiger partial charge >= 0.3 is 0 Å². The lowest BCUT2D eigenvalue weighted by Crippen LogP contribution is -2.57. The van der Waals surface area contributed by atoms with Gasteiger partial charge in [0.1, 0.15) is 35.5 Å². The van der Waals surface area contributed by atoms with E-state index in [0.29, 0.717) is 66.0 Å². The Kier molecular flexibility index (Phi) is 18.6. The van der Waals surface area contributed by atoms with Crippen LogP contribution in [0, 0.1) is 11.8 Å². The fourth-order valence-electron chi connectivity index (χ4n) is 8.44. The molecule has 5 rings (SSSR count). The van der Waals surface area contributed by atoms with Gasteiger partial charge in [0.25, 0.3) is 0 Å². The number of fused-ring (bicyclic) bond motifs is 2. The van der Waals surface area contributed by atoms with E-state index in [1.54, 1.807) is 66.7 Å². The number of likely N-dealkylation sites (tertiary alicyclic amines) is 1. The summed E-state index contributed by atoms with van der Waals surface area (Å²) < 4.78 is 5.91. The zero-order chi connectivity index (χ0) is 50.6. The van der Waals surface area contributed by atoms with E-state index in [0.717, 1.165) is 5.56 Å². The summed E-state index contributed by atoms with van der Waals surface area (Å²) in [5.74, 6) is -2.98. The summed E-state index contributed by atoms with van der Waals surface area (Å²) in [4.78, 5) is 109. The van der Waals surface area contributed by atoms with Crippen LogP contribution in [-0.4, -0.2) is 114 Å². The first-order valence-corrected chi connectivity index (χ1v) is 24.0. The maximum Gasteiger partial charge on any atom is 0.245 e. The van der Waals surface area contributed by atoms with Crippen LogP contribution >= 0.6 is 0 Å². The first-order valence-electron chi connectivity index (χ1n) is 24.0. The number of ether oxygens (including phenoxy) is 1. The minimum atomic E-state index is -1.08. The Balaban J connectivity index is 1.14. The van der Waals surface area contributed by atoms with E-state index in [2.05, 4.69) is 31.9 Å². The maximum absolute atomic E-state index is 14.1. The Labute approximate surface area is 405 Å². The van der Waals surface area contributed by atoms with Crippen LogP contribution in [0.1, 0.15) is 125 Å². The lowest BCUT2D eigenvalue weighted by atomic mass is 9.83. The van der Waals surface area contributed by atoms with E-state index < -0.39 is 71.9 Å². The number of nitrogens with zero attached hydrogens (tertiary/aromatic N) is 1. The van der Waals surface area contributed by atoms with Gasteiger partial charge in [-0.05, 0) is 95.4 Å². The van der Waals surface area contributed by atoms with Crippen molar-refractivity contribution in [3.8, 4) is 5.75 Å². The number of nitrogens with two attached hydrogens (primary N) is 1. The minimum Gasteiger partial charge on any atom is -0.488 e. The Morgan fingerprint density at radius 2 is 1.33 bits per heavy atom. The predicted octanol–water partition coefficient (Wildman–Crippen LogP) is 3.80. The molecule has 3 aromatic rings. The van der Waals surface area contributed by atoms with Crippen molar-refractivity contribution in [1.82, 2.24) is 31.5 Å². The second-order valence-electron chi connectivity index (χ2n) is 19.8. The Bertz CT molecular complexity index is 2360. The topological polar surface area (TPSA) is 247 Å². The molecule has 17 nitrogen and oxygen atoms in total. The van der Waals surface area contributed by atoms with Crippen LogP contribution < -0.4 is 42.4 Å². The molecule has 17 heteroatoms. The van der Waals surface area contributed by atoms with E-state index in [1.165, 1.54) is 11.8 Å². The van der Waals surface area contributed by atoms with Crippen molar-refractivity contribution in [3.63, 3.8) is 0 Å². The molecule has 0 bridgehead atoms. The summed E-state index contributed by atoms with van der Waals surface area (Å²) in [6, 6.07) is 14.3. The summed E-state index contributed by atoms with van der Waals surface area (Å²) in [5.41, 5.74) is 8.09. The summed E-state index contributed by atoms with van der Waals surface area (Å²) >= 11 is 0. The van der Waals surface area contributed by atoms with Crippen LogP contribution in [0.3, 0.4) is 0 Å².